The van der Waals surface area contributed by atoms with E-state index in [9.17, 15) is 4.79 Å². The zero-order chi connectivity index (χ0) is 16.9. The molecule has 2 heterocycles. The van der Waals surface area contributed by atoms with Crippen molar-refractivity contribution in [1.82, 2.24) is 20.0 Å². The lowest BCUT2D eigenvalue weighted by Crippen LogP contribution is -2.45. The van der Waals surface area contributed by atoms with Crippen LogP contribution in [0, 0.1) is 0 Å². The van der Waals surface area contributed by atoms with Gasteiger partial charge in [0.05, 0.1) is 13.3 Å². The highest BCUT2D eigenvalue weighted by Gasteiger charge is 2.21. The van der Waals surface area contributed by atoms with Crippen molar-refractivity contribution < 1.29 is 9.53 Å². The molecule has 6 nitrogen and oxygen atoms in total. The highest BCUT2D eigenvalue weighted by atomic mass is 35.5. The average molecular weight is 349 g/mol. The number of nitrogens with one attached hydrogen (secondary N) is 1. The number of nitrogens with zero attached hydrogens (tertiary/aromatic N) is 3. The summed E-state index contributed by atoms with van der Waals surface area (Å²) >= 11 is 5.93. The van der Waals surface area contributed by atoms with Gasteiger partial charge in [-0.1, -0.05) is 23.7 Å². The normalized spacial score (nSPS) is 16.2. The number of benzene rings is 1. The first kappa shape index (κ1) is 17.0. The second-order valence-electron chi connectivity index (χ2n) is 5.94. The van der Waals surface area contributed by atoms with E-state index in [1.807, 2.05) is 12.1 Å². The van der Waals surface area contributed by atoms with Crippen molar-refractivity contribution >= 4 is 17.6 Å². The molecular weight excluding hydrogens is 328 g/mol. The molecule has 7 heteroatoms. The Morgan fingerprint density at radius 1 is 1.17 bits per heavy atom. The minimum Gasteiger partial charge on any atom is -0.464 e. The van der Waals surface area contributed by atoms with Crippen LogP contribution < -0.4 is 0 Å². The van der Waals surface area contributed by atoms with Crippen LogP contribution in [0.1, 0.15) is 21.6 Å². The molecule has 0 aliphatic carbocycles. The molecule has 0 amide bonds. The van der Waals surface area contributed by atoms with Gasteiger partial charge in [-0.15, -0.1) is 0 Å². The number of hydrogen-bond acceptors (Lipinski definition) is 5. The predicted molar refractivity (Wildman–Crippen MR) is 91.9 cm³/mol. The molecule has 1 aliphatic rings. The van der Waals surface area contributed by atoms with E-state index in [0.29, 0.717) is 12.2 Å². The van der Waals surface area contributed by atoms with Crippen LogP contribution in [0.3, 0.4) is 0 Å². The summed E-state index contributed by atoms with van der Waals surface area (Å²) in [6.07, 6.45) is 1.70. The maximum Gasteiger partial charge on any atom is 0.356 e. The Morgan fingerprint density at radius 3 is 2.42 bits per heavy atom. The van der Waals surface area contributed by atoms with Crippen LogP contribution in [0.15, 0.2) is 30.5 Å². The number of aromatic nitrogens is 2. The first-order valence-electron chi connectivity index (χ1n) is 7.95. The monoisotopic (exact) mass is 348 g/mol. The zero-order valence-electron chi connectivity index (χ0n) is 13.7. The summed E-state index contributed by atoms with van der Waals surface area (Å²) in [6, 6.07) is 8.01. The maximum absolute atomic E-state index is 11.7. The zero-order valence-corrected chi connectivity index (χ0v) is 14.4. The molecular formula is C17H21ClN4O2. The quantitative estimate of drug-likeness (QED) is 0.839. The summed E-state index contributed by atoms with van der Waals surface area (Å²) < 4.78 is 4.77. The number of hydrogen-bond donors (Lipinski definition) is 1. The number of piperazine rings is 1. The van der Waals surface area contributed by atoms with Gasteiger partial charge in [-0.05, 0) is 17.7 Å². The number of aromatic amines is 1. The van der Waals surface area contributed by atoms with E-state index in [0.717, 1.165) is 43.3 Å². The lowest BCUT2D eigenvalue weighted by Gasteiger charge is -2.34. The van der Waals surface area contributed by atoms with E-state index in [1.165, 1.54) is 12.7 Å². The number of H-pyrrole nitrogens is 1. The smallest absolute Gasteiger partial charge is 0.356 e. The summed E-state index contributed by atoms with van der Waals surface area (Å²) in [5.41, 5.74) is 2.60. The minimum atomic E-state index is -0.371. The number of halogens is 1. The molecule has 128 valence electrons. The van der Waals surface area contributed by atoms with Crippen molar-refractivity contribution in [2.45, 2.75) is 13.1 Å². The van der Waals surface area contributed by atoms with Gasteiger partial charge >= 0.3 is 5.97 Å². The van der Waals surface area contributed by atoms with E-state index in [4.69, 9.17) is 16.3 Å². The van der Waals surface area contributed by atoms with E-state index in [1.54, 1.807) is 6.20 Å². The Bertz CT molecular complexity index is 678. The molecule has 1 N–H and O–H groups in total. The molecule has 24 heavy (non-hydrogen) atoms. The largest absolute Gasteiger partial charge is 0.464 e. The summed E-state index contributed by atoms with van der Waals surface area (Å²) in [7, 11) is 1.38. The number of rotatable bonds is 5. The number of ether oxygens (including phenoxy) is 1. The Kier molecular flexibility index (Phi) is 5.50. The van der Waals surface area contributed by atoms with Gasteiger partial charge in [0.25, 0.3) is 0 Å². The molecule has 1 aliphatic heterocycles. The van der Waals surface area contributed by atoms with Crippen LogP contribution in [0.25, 0.3) is 0 Å². The Morgan fingerprint density at radius 2 is 1.79 bits per heavy atom. The van der Waals surface area contributed by atoms with Gasteiger partial charge in [-0.2, -0.15) is 5.10 Å². The second-order valence-corrected chi connectivity index (χ2v) is 6.38. The molecule has 0 saturated carbocycles. The number of carbonyl (C=O) groups excluding carboxylic acids is 1. The van der Waals surface area contributed by atoms with Crippen molar-refractivity contribution in [2.75, 3.05) is 33.3 Å². The third-order valence-corrected chi connectivity index (χ3v) is 4.54. The lowest BCUT2D eigenvalue weighted by atomic mass is 10.2. The summed E-state index contributed by atoms with van der Waals surface area (Å²) in [6.45, 7) is 5.54. The molecule has 0 unspecified atom stereocenters. The van der Waals surface area contributed by atoms with Crippen molar-refractivity contribution in [2.24, 2.45) is 0 Å². The van der Waals surface area contributed by atoms with Crippen LogP contribution in [0.5, 0.6) is 0 Å². The third kappa shape index (κ3) is 4.14. The van der Waals surface area contributed by atoms with E-state index < -0.39 is 0 Å². The highest BCUT2D eigenvalue weighted by Crippen LogP contribution is 2.15. The van der Waals surface area contributed by atoms with Crippen LogP contribution in [0.4, 0.5) is 0 Å². The summed E-state index contributed by atoms with van der Waals surface area (Å²) in [4.78, 5) is 16.4. The van der Waals surface area contributed by atoms with Gasteiger partial charge in [0.15, 0.2) is 0 Å². The molecule has 1 saturated heterocycles. The van der Waals surface area contributed by atoms with Crippen molar-refractivity contribution in [1.29, 1.82) is 0 Å². The molecule has 0 spiro atoms. The summed E-state index contributed by atoms with van der Waals surface area (Å²) in [5.74, 6) is -0.371. The van der Waals surface area contributed by atoms with Gasteiger partial charge < -0.3 is 4.74 Å². The standard InChI is InChI=1S/C17H21ClN4O2/c1-24-17(23)16-14(10-19-20-16)12-22-8-6-21(7-9-22)11-13-2-4-15(18)5-3-13/h2-5,10H,6-9,11-12H2,1H3,(H,19,20). The van der Waals surface area contributed by atoms with Gasteiger partial charge in [0.1, 0.15) is 5.69 Å². The van der Waals surface area contributed by atoms with Crippen LogP contribution in [-0.2, 0) is 17.8 Å². The number of carbonyl (C=O) groups is 1. The van der Waals surface area contributed by atoms with E-state index in [-0.39, 0.29) is 5.97 Å². The van der Waals surface area contributed by atoms with Crippen LogP contribution in [-0.4, -0.2) is 59.3 Å². The van der Waals surface area contributed by atoms with Crippen molar-refractivity contribution in [3.63, 3.8) is 0 Å². The predicted octanol–water partition coefficient (Wildman–Crippen LogP) is 2.17. The van der Waals surface area contributed by atoms with Gasteiger partial charge in [0.2, 0.25) is 0 Å². The van der Waals surface area contributed by atoms with Crippen molar-refractivity contribution in [3.05, 3.63) is 52.3 Å². The fraction of sp³-hybridized carbons (Fsp3) is 0.412. The molecule has 2 aromatic rings. The van der Waals surface area contributed by atoms with E-state index >= 15 is 0 Å². The number of esters is 1. The van der Waals surface area contributed by atoms with Crippen LogP contribution in [0.2, 0.25) is 5.02 Å². The Hall–Kier alpha value is -1.89. The summed E-state index contributed by atoms with van der Waals surface area (Å²) in [5, 5.41) is 7.45. The molecule has 1 aromatic carbocycles. The molecule has 0 bridgehead atoms. The minimum absolute atomic E-state index is 0.371. The molecule has 0 atom stereocenters. The number of methoxy groups -OCH3 is 1. The Balaban J connectivity index is 1.51. The molecule has 3 rings (SSSR count). The Labute approximate surface area is 146 Å². The first-order chi connectivity index (χ1) is 11.7. The molecule has 0 radical (unpaired) electrons. The first-order valence-corrected chi connectivity index (χ1v) is 8.33. The van der Waals surface area contributed by atoms with Gasteiger partial charge in [-0.3, -0.25) is 14.9 Å². The molecule has 1 aromatic heterocycles. The van der Waals surface area contributed by atoms with Gasteiger partial charge in [0, 0.05) is 49.9 Å². The van der Waals surface area contributed by atoms with Crippen LogP contribution >= 0.6 is 11.6 Å². The fourth-order valence-electron chi connectivity index (χ4n) is 2.90. The van der Waals surface area contributed by atoms with Crippen molar-refractivity contribution in [3.8, 4) is 0 Å². The maximum atomic E-state index is 11.7. The highest BCUT2D eigenvalue weighted by molar-refractivity contribution is 6.30. The molecule has 1 fully saturated rings. The topological polar surface area (TPSA) is 61.5 Å². The fourth-order valence-corrected chi connectivity index (χ4v) is 3.03. The van der Waals surface area contributed by atoms with Gasteiger partial charge in [-0.25, -0.2) is 4.79 Å². The average Bonchev–Trinajstić information content (AvgIpc) is 3.06. The third-order valence-electron chi connectivity index (χ3n) is 4.29. The van der Waals surface area contributed by atoms with E-state index in [2.05, 4.69) is 32.1 Å². The lowest BCUT2D eigenvalue weighted by molar-refractivity contribution is 0.0590. The SMILES string of the molecule is COC(=O)c1[nH]ncc1CN1CCN(Cc2ccc(Cl)cc2)CC1. The second kappa shape index (κ2) is 7.79.